The van der Waals surface area contributed by atoms with E-state index in [-0.39, 0.29) is 17.0 Å². The van der Waals surface area contributed by atoms with Crippen molar-refractivity contribution in [1.82, 2.24) is 0 Å². The zero-order chi connectivity index (χ0) is 16.2. The third-order valence-electron chi connectivity index (χ3n) is 4.79. The van der Waals surface area contributed by atoms with Crippen LogP contribution in [0.4, 0.5) is 8.78 Å². The molecule has 0 N–H and O–H groups in total. The summed E-state index contributed by atoms with van der Waals surface area (Å²) in [5.41, 5.74) is 1.67. The molecule has 2 heteroatoms. The van der Waals surface area contributed by atoms with E-state index in [2.05, 4.69) is 20.8 Å². The van der Waals surface area contributed by atoms with E-state index in [4.69, 9.17) is 0 Å². The Morgan fingerprint density at radius 1 is 0.864 bits per heavy atom. The highest BCUT2D eigenvalue weighted by Crippen LogP contribution is 2.39. The molecule has 0 aliphatic carbocycles. The lowest BCUT2D eigenvalue weighted by Gasteiger charge is -2.34. The van der Waals surface area contributed by atoms with Gasteiger partial charge in [0.1, 0.15) is 11.6 Å². The van der Waals surface area contributed by atoms with Crippen LogP contribution in [0.1, 0.15) is 51.2 Å². The molecule has 2 aromatic carbocycles. The molecular weight excluding hydrogens is 278 g/mol. The molecule has 2 aromatic rings. The fraction of sp³-hybridized carbons (Fsp3) is 0.400. The third kappa shape index (κ3) is 3.55. The Kier molecular flexibility index (Phi) is 5.33. The summed E-state index contributed by atoms with van der Waals surface area (Å²) >= 11 is 0. The number of benzene rings is 2. The third-order valence-corrected chi connectivity index (χ3v) is 4.79. The summed E-state index contributed by atoms with van der Waals surface area (Å²) in [7, 11) is 0. The standard InChI is InChI=1S/C20H24F2/c1-4-15(5-2)14-20(3,16-9-11-18(21)12-10-16)17-7-6-8-19(22)13-17/h6-13,15H,4-5,14H2,1-3H3. The van der Waals surface area contributed by atoms with Crippen molar-refractivity contribution in [3.63, 3.8) is 0 Å². The topological polar surface area (TPSA) is 0 Å². The van der Waals surface area contributed by atoms with Crippen LogP contribution in [0.15, 0.2) is 48.5 Å². The lowest BCUT2D eigenvalue weighted by atomic mass is 9.69. The summed E-state index contributed by atoms with van der Waals surface area (Å²) in [5, 5.41) is 0. The summed E-state index contributed by atoms with van der Waals surface area (Å²) in [4.78, 5) is 0. The van der Waals surface area contributed by atoms with E-state index >= 15 is 0 Å². The zero-order valence-corrected chi connectivity index (χ0v) is 13.6. The van der Waals surface area contributed by atoms with Crippen LogP contribution in [0.5, 0.6) is 0 Å². The van der Waals surface area contributed by atoms with Crippen LogP contribution >= 0.6 is 0 Å². The molecule has 0 saturated heterocycles. The van der Waals surface area contributed by atoms with E-state index in [0.29, 0.717) is 5.92 Å². The largest absolute Gasteiger partial charge is 0.207 e. The van der Waals surface area contributed by atoms with Crippen molar-refractivity contribution in [2.24, 2.45) is 5.92 Å². The van der Waals surface area contributed by atoms with E-state index in [9.17, 15) is 8.78 Å². The summed E-state index contributed by atoms with van der Waals surface area (Å²) in [6.45, 7) is 6.50. The van der Waals surface area contributed by atoms with Crippen molar-refractivity contribution < 1.29 is 8.78 Å². The molecule has 0 aromatic heterocycles. The molecule has 118 valence electrons. The van der Waals surface area contributed by atoms with Gasteiger partial charge in [-0.3, -0.25) is 0 Å². The summed E-state index contributed by atoms with van der Waals surface area (Å²) in [6.07, 6.45) is 3.10. The maximum absolute atomic E-state index is 13.7. The van der Waals surface area contributed by atoms with Gasteiger partial charge in [-0.15, -0.1) is 0 Å². The summed E-state index contributed by atoms with van der Waals surface area (Å²) in [5.74, 6) is 0.0848. The maximum atomic E-state index is 13.7. The second kappa shape index (κ2) is 7.04. The van der Waals surface area contributed by atoms with Crippen LogP contribution in [0.25, 0.3) is 0 Å². The summed E-state index contributed by atoms with van der Waals surface area (Å²) in [6, 6.07) is 13.4. The number of hydrogen-bond acceptors (Lipinski definition) is 0. The minimum absolute atomic E-state index is 0.226. The van der Waals surface area contributed by atoms with Crippen molar-refractivity contribution in [3.8, 4) is 0 Å². The number of halogens is 2. The average molecular weight is 302 g/mol. The number of hydrogen-bond donors (Lipinski definition) is 0. The van der Waals surface area contributed by atoms with Crippen LogP contribution in [0.3, 0.4) is 0 Å². The van der Waals surface area contributed by atoms with Gasteiger partial charge in [0.25, 0.3) is 0 Å². The van der Waals surface area contributed by atoms with E-state index < -0.39 is 0 Å². The fourth-order valence-electron chi connectivity index (χ4n) is 3.21. The molecule has 0 saturated carbocycles. The SMILES string of the molecule is CCC(CC)CC(C)(c1ccc(F)cc1)c1cccc(F)c1. The maximum Gasteiger partial charge on any atom is 0.123 e. The normalized spacial score (nSPS) is 14.1. The van der Waals surface area contributed by atoms with Gasteiger partial charge < -0.3 is 0 Å². The highest BCUT2D eigenvalue weighted by molar-refractivity contribution is 5.38. The first kappa shape index (κ1) is 16.7. The fourth-order valence-corrected chi connectivity index (χ4v) is 3.21. The lowest BCUT2D eigenvalue weighted by molar-refractivity contribution is 0.361. The molecule has 22 heavy (non-hydrogen) atoms. The predicted molar refractivity (Wildman–Crippen MR) is 87.9 cm³/mol. The molecule has 0 spiro atoms. The average Bonchev–Trinajstić information content (AvgIpc) is 2.53. The summed E-state index contributed by atoms with van der Waals surface area (Å²) < 4.78 is 27.0. The molecule has 0 radical (unpaired) electrons. The Bertz CT molecular complexity index is 599. The van der Waals surface area contributed by atoms with Crippen LogP contribution in [-0.2, 0) is 5.41 Å². The molecule has 1 atom stereocenters. The molecule has 0 nitrogen and oxygen atoms in total. The van der Waals surface area contributed by atoms with E-state index in [1.165, 1.54) is 18.2 Å². The van der Waals surface area contributed by atoms with Gasteiger partial charge in [-0.25, -0.2) is 8.78 Å². The van der Waals surface area contributed by atoms with Gasteiger partial charge in [-0.1, -0.05) is 57.9 Å². The van der Waals surface area contributed by atoms with Crippen molar-refractivity contribution in [2.75, 3.05) is 0 Å². The number of rotatable bonds is 6. The van der Waals surface area contributed by atoms with E-state index in [1.54, 1.807) is 12.1 Å². The Morgan fingerprint density at radius 3 is 2.05 bits per heavy atom. The smallest absolute Gasteiger partial charge is 0.123 e. The molecule has 0 aliphatic rings. The Morgan fingerprint density at radius 2 is 1.50 bits per heavy atom. The van der Waals surface area contributed by atoms with Gasteiger partial charge in [-0.05, 0) is 47.7 Å². The first-order valence-electron chi connectivity index (χ1n) is 8.01. The predicted octanol–water partition coefficient (Wildman–Crippen LogP) is 6.10. The Balaban J connectivity index is 2.50. The van der Waals surface area contributed by atoms with Crippen molar-refractivity contribution >= 4 is 0 Å². The van der Waals surface area contributed by atoms with Gasteiger partial charge in [0, 0.05) is 5.41 Å². The van der Waals surface area contributed by atoms with Gasteiger partial charge in [-0.2, -0.15) is 0 Å². The monoisotopic (exact) mass is 302 g/mol. The van der Waals surface area contributed by atoms with Gasteiger partial charge in [0.2, 0.25) is 0 Å². The highest BCUT2D eigenvalue weighted by atomic mass is 19.1. The highest BCUT2D eigenvalue weighted by Gasteiger charge is 2.31. The van der Waals surface area contributed by atoms with Crippen LogP contribution in [0.2, 0.25) is 0 Å². The van der Waals surface area contributed by atoms with Crippen molar-refractivity contribution in [1.29, 1.82) is 0 Å². The van der Waals surface area contributed by atoms with E-state index in [0.717, 1.165) is 30.4 Å². The molecule has 1 unspecified atom stereocenters. The van der Waals surface area contributed by atoms with Crippen LogP contribution in [0, 0.1) is 17.6 Å². The molecule has 0 amide bonds. The zero-order valence-electron chi connectivity index (χ0n) is 13.6. The van der Waals surface area contributed by atoms with Gasteiger partial charge >= 0.3 is 0 Å². The molecule has 0 bridgehead atoms. The van der Waals surface area contributed by atoms with Gasteiger partial charge in [0.05, 0.1) is 0 Å². The Labute approximate surface area is 132 Å². The quantitative estimate of drug-likeness (QED) is 0.605. The molecule has 0 heterocycles. The van der Waals surface area contributed by atoms with Crippen LogP contribution in [-0.4, -0.2) is 0 Å². The van der Waals surface area contributed by atoms with E-state index in [1.807, 2.05) is 18.2 Å². The van der Waals surface area contributed by atoms with Crippen molar-refractivity contribution in [2.45, 2.75) is 45.4 Å². The second-order valence-corrected chi connectivity index (χ2v) is 6.24. The molecule has 0 aliphatic heterocycles. The second-order valence-electron chi connectivity index (χ2n) is 6.24. The Hall–Kier alpha value is -1.70. The molecule has 0 fully saturated rings. The van der Waals surface area contributed by atoms with Gasteiger partial charge in [0.15, 0.2) is 0 Å². The molecule has 2 rings (SSSR count). The minimum Gasteiger partial charge on any atom is -0.207 e. The van der Waals surface area contributed by atoms with Crippen molar-refractivity contribution in [3.05, 3.63) is 71.3 Å². The minimum atomic E-state index is -0.313. The lowest BCUT2D eigenvalue weighted by Crippen LogP contribution is -2.27. The van der Waals surface area contributed by atoms with Crippen LogP contribution < -0.4 is 0 Å². The first-order valence-corrected chi connectivity index (χ1v) is 8.01. The first-order chi connectivity index (χ1) is 10.5. The molecular formula is C20H24F2.